The van der Waals surface area contributed by atoms with Gasteiger partial charge in [0, 0.05) is 24.9 Å². The van der Waals surface area contributed by atoms with Crippen molar-refractivity contribution in [2.24, 2.45) is 5.92 Å². The van der Waals surface area contributed by atoms with Gasteiger partial charge in [-0.2, -0.15) is 0 Å². The lowest BCUT2D eigenvalue weighted by molar-refractivity contribution is -0.131. The Morgan fingerprint density at radius 1 is 1.33 bits per heavy atom. The fourth-order valence-corrected chi connectivity index (χ4v) is 1.67. The summed E-state index contributed by atoms with van der Waals surface area (Å²) in [5.41, 5.74) is 0. The van der Waals surface area contributed by atoms with Gasteiger partial charge in [0.05, 0.1) is 0 Å². The van der Waals surface area contributed by atoms with Crippen molar-refractivity contribution in [3.63, 3.8) is 0 Å². The Morgan fingerprint density at radius 2 is 1.87 bits per heavy atom. The van der Waals surface area contributed by atoms with Gasteiger partial charge in [0.25, 0.3) is 0 Å². The van der Waals surface area contributed by atoms with E-state index in [-0.39, 0.29) is 0 Å². The Labute approximate surface area is 92.8 Å². The molecule has 0 saturated carbocycles. The van der Waals surface area contributed by atoms with Gasteiger partial charge in [0.1, 0.15) is 0 Å². The Hall–Kier alpha value is -0.990. The SMILES string of the molecule is CCC(CC)N(C=CC(=O)O)CC(C)C. The van der Waals surface area contributed by atoms with Crippen molar-refractivity contribution in [2.75, 3.05) is 6.54 Å². The molecule has 0 spiro atoms. The maximum atomic E-state index is 10.5. The van der Waals surface area contributed by atoms with E-state index in [1.165, 1.54) is 6.08 Å². The molecule has 0 aliphatic heterocycles. The highest BCUT2D eigenvalue weighted by atomic mass is 16.4. The third-order valence-corrected chi connectivity index (χ3v) is 2.40. The molecule has 0 rings (SSSR count). The summed E-state index contributed by atoms with van der Waals surface area (Å²) >= 11 is 0. The van der Waals surface area contributed by atoms with Gasteiger partial charge in [-0.1, -0.05) is 27.7 Å². The second-order valence-corrected chi connectivity index (χ2v) is 4.21. The lowest BCUT2D eigenvalue weighted by Crippen LogP contribution is -2.32. The van der Waals surface area contributed by atoms with Crippen LogP contribution in [0.3, 0.4) is 0 Å². The van der Waals surface area contributed by atoms with E-state index in [1.807, 2.05) is 0 Å². The summed E-state index contributed by atoms with van der Waals surface area (Å²) < 4.78 is 0. The number of carboxylic acid groups (broad SMARTS) is 1. The molecule has 0 radical (unpaired) electrons. The Balaban J connectivity index is 4.48. The molecular weight excluding hydrogens is 190 g/mol. The second-order valence-electron chi connectivity index (χ2n) is 4.21. The van der Waals surface area contributed by atoms with Gasteiger partial charge in [-0.25, -0.2) is 4.79 Å². The van der Waals surface area contributed by atoms with Gasteiger partial charge in [0.15, 0.2) is 0 Å². The lowest BCUT2D eigenvalue weighted by Gasteiger charge is -2.30. The fraction of sp³-hybridized carbons (Fsp3) is 0.750. The van der Waals surface area contributed by atoms with E-state index < -0.39 is 5.97 Å². The van der Waals surface area contributed by atoms with Crippen molar-refractivity contribution in [3.8, 4) is 0 Å². The normalized spacial score (nSPS) is 11.6. The summed E-state index contributed by atoms with van der Waals surface area (Å²) in [6.45, 7) is 9.47. The average Bonchev–Trinajstić information content (AvgIpc) is 2.14. The zero-order valence-corrected chi connectivity index (χ0v) is 10.2. The summed E-state index contributed by atoms with van der Waals surface area (Å²) in [6.07, 6.45) is 5.03. The van der Waals surface area contributed by atoms with Gasteiger partial charge >= 0.3 is 5.97 Å². The molecule has 0 heterocycles. The molecule has 0 aromatic rings. The van der Waals surface area contributed by atoms with Crippen molar-refractivity contribution in [2.45, 2.75) is 46.6 Å². The number of rotatable bonds is 7. The molecule has 0 aromatic heterocycles. The molecular formula is C12H23NO2. The van der Waals surface area contributed by atoms with Crippen LogP contribution in [0.2, 0.25) is 0 Å². The monoisotopic (exact) mass is 213 g/mol. The highest BCUT2D eigenvalue weighted by Gasteiger charge is 2.12. The molecule has 0 aliphatic carbocycles. The molecule has 0 unspecified atom stereocenters. The van der Waals surface area contributed by atoms with Gasteiger partial charge in [0.2, 0.25) is 0 Å². The van der Waals surface area contributed by atoms with Gasteiger partial charge in [-0.3, -0.25) is 0 Å². The zero-order chi connectivity index (χ0) is 11.8. The van der Waals surface area contributed by atoms with Crippen molar-refractivity contribution < 1.29 is 9.90 Å². The van der Waals surface area contributed by atoms with Crippen LogP contribution < -0.4 is 0 Å². The Kier molecular flexibility index (Phi) is 6.84. The second kappa shape index (κ2) is 7.32. The molecule has 0 atom stereocenters. The third-order valence-electron chi connectivity index (χ3n) is 2.40. The highest BCUT2D eigenvalue weighted by molar-refractivity contribution is 5.79. The van der Waals surface area contributed by atoms with Crippen LogP contribution in [-0.2, 0) is 4.79 Å². The van der Waals surface area contributed by atoms with Crippen LogP contribution in [0.25, 0.3) is 0 Å². The first-order valence-electron chi connectivity index (χ1n) is 5.68. The van der Waals surface area contributed by atoms with E-state index in [4.69, 9.17) is 5.11 Å². The zero-order valence-electron chi connectivity index (χ0n) is 10.2. The molecule has 88 valence electrons. The summed E-state index contributed by atoms with van der Waals surface area (Å²) in [5, 5.41) is 8.61. The summed E-state index contributed by atoms with van der Waals surface area (Å²) in [5.74, 6) is -0.334. The van der Waals surface area contributed by atoms with Gasteiger partial charge in [-0.15, -0.1) is 0 Å². The van der Waals surface area contributed by atoms with E-state index in [0.29, 0.717) is 12.0 Å². The van der Waals surface area contributed by atoms with E-state index in [0.717, 1.165) is 19.4 Å². The highest BCUT2D eigenvalue weighted by Crippen LogP contribution is 2.11. The predicted molar refractivity (Wildman–Crippen MR) is 62.7 cm³/mol. The minimum atomic E-state index is -0.880. The first-order chi connectivity index (χ1) is 7.01. The van der Waals surface area contributed by atoms with Crippen LogP contribution >= 0.6 is 0 Å². The first-order valence-corrected chi connectivity index (χ1v) is 5.68. The number of carbonyl (C=O) groups is 1. The minimum Gasteiger partial charge on any atom is -0.478 e. The van der Waals surface area contributed by atoms with E-state index in [2.05, 4.69) is 32.6 Å². The van der Waals surface area contributed by atoms with Crippen molar-refractivity contribution in [3.05, 3.63) is 12.3 Å². The summed E-state index contributed by atoms with van der Waals surface area (Å²) in [7, 11) is 0. The maximum absolute atomic E-state index is 10.5. The molecule has 0 bridgehead atoms. The summed E-state index contributed by atoms with van der Waals surface area (Å²) in [6, 6.07) is 0.447. The maximum Gasteiger partial charge on any atom is 0.329 e. The van der Waals surface area contributed by atoms with Crippen LogP contribution in [-0.4, -0.2) is 28.6 Å². The van der Waals surface area contributed by atoms with Crippen LogP contribution in [0.5, 0.6) is 0 Å². The molecule has 15 heavy (non-hydrogen) atoms. The molecule has 0 aliphatic rings. The molecule has 0 fully saturated rings. The molecule has 0 aromatic carbocycles. The third kappa shape index (κ3) is 6.15. The standard InChI is InChI=1S/C12H23NO2/c1-5-11(6-2)13(9-10(3)4)8-7-12(14)15/h7-8,10-11H,5-6,9H2,1-4H3,(H,14,15). The quantitative estimate of drug-likeness (QED) is 0.661. The summed E-state index contributed by atoms with van der Waals surface area (Å²) in [4.78, 5) is 12.6. The van der Waals surface area contributed by atoms with Crippen molar-refractivity contribution in [1.82, 2.24) is 4.90 Å². The molecule has 3 nitrogen and oxygen atoms in total. The van der Waals surface area contributed by atoms with Crippen molar-refractivity contribution >= 4 is 5.97 Å². The molecule has 1 N–H and O–H groups in total. The van der Waals surface area contributed by atoms with Crippen LogP contribution in [0.15, 0.2) is 12.3 Å². The Bertz CT molecular complexity index is 208. The van der Waals surface area contributed by atoms with Crippen LogP contribution in [0.4, 0.5) is 0 Å². The van der Waals surface area contributed by atoms with Gasteiger partial charge < -0.3 is 10.0 Å². The first kappa shape index (κ1) is 14.0. The van der Waals surface area contributed by atoms with E-state index in [1.54, 1.807) is 6.20 Å². The number of hydrogen-bond acceptors (Lipinski definition) is 2. The van der Waals surface area contributed by atoms with Crippen molar-refractivity contribution in [1.29, 1.82) is 0 Å². The van der Waals surface area contributed by atoms with Gasteiger partial charge in [-0.05, 0) is 18.8 Å². The fourth-order valence-electron chi connectivity index (χ4n) is 1.67. The smallest absolute Gasteiger partial charge is 0.329 e. The van der Waals surface area contributed by atoms with E-state index >= 15 is 0 Å². The lowest BCUT2D eigenvalue weighted by atomic mass is 10.1. The number of carboxylic acids is 1. The largest absolute Gasteiger partial charge is 0.478 e. The number of hydrogen-bond donors (Lipinski definition) is 1. The predicted octanol–water partition coefficient (Wildman–Crippen LogP) is 2.73. The molecule has 0 amide bonds. The minimum absolute atomic E-state index is 0.447. The van der Waals surface area contributed by atoms with Crippen LogP contribution in [0, 0.1) is 5.92 Å². The topological polar surface area (TPSA) is 40.5 Å². The van der Waals surface area contributed by atoms with Crippen LogP contribution in [0.1, 0.15) is 40.5 Å². The number of aliphatic carboxylic acids is 1. The van der Waals surface area contributed by atoms with E-state index in [9.17, 15) is 4.79 Å². The molecule has 0 saturated heterocycles. The molecule has 3 heteroatoms. The Morgan fingerprint density at radius 3 is 2.20 bits per heavy atom. The average molecular weight is 213 g/mol. The number of nitrogens with zero attached hydrogens (tertiary/aromatic N) is 1.